The van der Waals surface area contributed by atoms with Crippen LogP contribution in [0.4, 0.5) is 4.39 Å². The number of carbonyl (C=O) groups excluding carboxylic acids is 1. The van der Waals surface area contributed by atoms with Crippen LogP contribution in [0, 0.1) is 27.8 Å². The standard InChI is InChI=1S/C22H24FNO5/c1-2-28-22-19(13-21(29-22)16-6-4-3-5-7-16)17(14-24(26)27)12-20(25)15-8-10-18(23)11-9-15/h3-11,17,19,21-22H,2,12-14H2,1H3/t17-,19+,21+,22-/m0/s1. The summed E-state index contributed by atoms with van der Waals surface area (Å²) in [5.41, 5.74) is 1.32. The van der Waals surface area contributed by atoms with Crippen molar-refractivity contribution in [2.45, 2.75) is 32.2 Å². The monoisotopic (exact) mass is 401 g/mol. The van der Waals surface area contributed by atoms with Crippen LogP contribution < -0.4 is 0 Å². The van der Waals surface area contributed by atoms with Gasteiger partial charge in [-0.05, 0) is 43.2 Å². The Hall–Kier alpha value is -2.64. The summed E-state index contributed by atoms with van der Waals surface area (Å²) < 4.78 is 24.9. The second-order valence-corrected chi connectivity index (χ2v) is 7.17. The summed E-state index contributed by atoms with van der Waals surface area (Å²) in [5, 5.41) is 11.3. The van der Waals surface area contributed by atoms with E-state index in [4.69, 9.17) is 9.47 Å². The Labute approximate surface area is 168 Å². The highest BCUT2D eigenvalue weighted by atomic mass is 19.1. The van der Waals surface area contributed by atoms with E-state index in [0.717, 1.165) is 5.56 Å². The van der Waals surface area contributed by atoms with Crippen LogP contribution in [0.25, 0.3) is 0 Å². The quantitative estimate of drug-likeness (QED) is 0.353. The third-order valence-electron chi connectivity index (χ3n) is 5.24. The fourth-order valence-corrected chi connectivity index (χ4v) is 3.84. The van der Waals surface area contributed by atoms with Crippen LogP contribution in [0.3, 0.4) is 0 Å². The van der Waals surface area contributed by atoms with Gasteiger partial charge in [0.1, 0.15) is 5.82 Å². The SMILES string of the molecule is CCO[C@H]1O[C@@H](c2ccccc2)C[C@@H]1[C@@H](CC(=O)c1ccc(F)cc1)C[N+](=O)[O-]. The van der Waals surface area contributed by atoms with E-state index in [2.05, 4.69) is 0 Å². The van der Waals surface area contributed by atoms with Crippen molar-refractivity contribution in [3.05, 3.63) is 81.7 Å². The predicted octanol–water partition coefficient (Wildman–Crippen LogP) is 4.43. The molecule has 0 aliphatic carbocycles. The van der Waals surface area contributed by atoms with Gasteiger partial charge in [-0.3, -0.25) is 14.9 Å². The second kappa shape index (κ2) is 9.71. The molecule has 4 atom stereocenters. The molecule has 154 valence electrons. The van der Waals surface area contributed by atoms with Crippen LogP contribution in [0.15, 0.2) is 54.6 Å². The Morgan fingerprint density at radius 2 is 1.93 bits per heavy atom. The summed E-state index contributed by atoms with van der Waals surface area (Å²) in [6.07, 6.45) is -0.348. The molecule has 0 radical (unpaired) electrons. The van der Waals surface area contributed by atoms with Crippen molar-refractivity contribution in [2.24, 2.45) is 11.8 Å². The first-order valence-electron chi connectivity index (χ1n) is 9.70. The average Bonchev–Trinajstić information content (AvgIpc) is 3.12. The number of hydrogen-bond donors (Lipinski definition) is 0. The zero-order chi connectivity index (χ0) is 20.8. The van der Waals surface area contributed by atoms with E-state index in [0.29, 0.717) is 18.6 Å². The number of Topliss-reactive ketones (excluding diaryl/α,β-unsaturated/α-hetero) is 1. The molecule has 0 unspecified atom stereocenters. The minimum absolute atomic E-state index is 0.0221. The lowest BCUT2D eigenvalue weighted by molar-refractivity contribution is -0.490. The van der Waals surface area contributed by atoms with Crippen LogP contribution in [0.2, 0.25) is 0 Å². The minimum atomic E-state index is -0.615. The fourth-order valence-electron chi connectivity index (χ4n) is 3.84. The first kappa shape index (κ1) is 21.1. The molecule has 1 heterocycles. The number of nitrogens with zero attached hydrogens (tertiary/aromatic N) is 1. The first-order valence-corrected chi connectivity index (χ1v) is 9.70. The molecule has 1 aliphatic heterocycles. The number of carbonyl (C=O) groups is 1. The molecule has 2 aromatic carbocycles. The van der Waals surface area contributed by atoms with Crippen LogP contribution >= 0.6 is 0 Å². The van der Waals surface area contributed by atoms with Crippen molar-refractivity contribution in [3.63, 3.8) is 0 Å². The van der Waals surface area contributed by atoms with Crippen molar-refractivity contribution < 1.29 is 23.6 Å². The Morgan fingerprint density at radius 3 is 2.55 bits per heavy atom. The molecule has 1 saturated heterocycles. The van der Waals surface area contributed by atoms with E-state index < -0.39 is 22.9 Å². The molecule has 29 heavy (non-hydrogen) atoms. The minimum Gasteiger partial charge on any atom is -0.353 e. The molecule has 0 N–H and O–H groups in total. The van der Waals surface area contributed by atoms with E-state index in [1.807, 2.05) is 37.3 Å². The van der Waals surface area contributed by atoms with Crippen molar-refractivity contribution in [2.75, 3.05) is 13.2 Å². The van der Waals surface area contributed by atoms with Crippen LogP contribution in [-0.4, -0.2) is 30.1 Å². The summed E-state index contributed by atoms with van der Waals surface area (Å²) in [5.74, 6) is -1.53. The summed E-state index contributed by atoms with van der Waals surface area (Å²) in [4.78, 5) is 23.6. The number of ether oxygens (including phenoxy) is 2. The summed E-state index contributed by atoms with van der Waals surface area (Å²) >= 11 is 0. The van der Waals surface area contributed by atoms with Gasteiger partial charge in [0.15, 0.2) is 12.1 Å². The number of ketones is 1. The highest BCUT2D eigenvalue weighted by Crippen LogP contribution is 2.42. The smallest absolute Gasteiger partial charge is 0.207 e. The van der Waals surface area contributed by atoms with Gasteiger partial charge in [-0.25, -0.2) is 4.39 Å². The van der Waals surface area contributed by atoms with E-state index in [9.17, 15) is 19.3 Å². The second-order valence-electron chi connectivity index (χ2n) is 7.17. The molecule has 3 rings (SSSR count). The van der Waals surface area contributed by atoms with Gasteiger partial charge in [0.25, 0.3) is 0 Å². The third-order valence-corrected chi connectivity index (χ3v) is 5.24. The molecule has 6 nitrogen and oxygen atoms in total. The van der Waals surface area contributed by atoms with E-state index in [1.54, 1.807) is 0 Å². The maximum absolute atomic E-state index is 13.1. The topological polar surface area (TPSA) is 78.7 Å². The molecule has 0 saturated carbocycles. The lowest BCUT2D eigenvalue weighted by atomic mass is 9.83. The molecule has 1 aliphatic rings. The lowest BCUT2D eigenvalue weighted by Crippen LogP contribution is -2.32. The first-order chi connectivity index (χ1) is 14.0. The maximum atomic E-state index is 13.1. The highest BCUT2D eigenvalue weighted by Gasteiger charge is 2.43. The highest BCUT2D eigenvalue weighted by molar-refractivity contribution is 5.96. The lowest BCUT2D eigenvalue weighted by Gasteiger charge is -2.24. The normalized spacial score (nSPS) is 22.3. The van der Waals surface area contributed by atoms with Gasteiger partial charge in [-0.1, -0.05) is 30.3 Å². The van der Waals surface area contributed by atoms with Gasteiger partial charge in [0.05, 0.1) is 6.10 Å². The molecule has 1 fully saturated rings. The van der Waals surface area contributed by atoms with Gasteiger partial charge >= 0.3 is 0 Å². The molecule has 0 aromatic heterocycles. The number of nitro groups is 1. The average molecular weight is 401 g/mol. The van der Waals surface area contributed by atoms with Crippen molar-refractivity contribution in [1.29, 1.82) is 0 Å². The zero-order valence-electron chi connectivity index (χ0n) is 16.2. The van der Waals surface area contributed by atoms with E-state index >= 15 is 0 Å². The maximum Gasteiger partial charge on any atom is 0.207 e. The molecule has 2 aromatic rings. The molecule has 0 spiro atoms. The summed E-state index contributed by atoms with van der Waals surface area (Å²) in [7, 11) is 0. The van der Waals surface area contributed by atoms with E-state index in [-0.39, 0.29) is 30.8 Å². The van der Waals surface area contributed by atoms with Crippen LogP contribution in [-0.2, 0) is 9.47 Å². The molecular weight excluding hydrogens is 377 g/mol. The largest absolute Gasteiger partial charge is 0.353 e. The Kier molecular flexibility index (Phi) is 7.06. The predicted molar refractivity (Wildman–Crippen MR) is 104 cm³/mol. The number of rotatable bonds is 9. The molecule has 7 heteroatoms. The summed E-state index contributed by atoms with van der Waals surface area (Å²) in [6.45, 7) is 1.88. The zero-order valence-corrected chi connectivity index (χ0v) is 16.2. The number of halogens is 1. The third kappa shape index (κ3) is 5.46. The van der Waals surface area contributed by atoms with E-state index in [1.165, 1.54) is 24.3 Å². The number of benzene rings is 2. The molecule has 0 amide bonds. The van der Waals surface area contributed by atoms with Gasteiger partial charge in [0.2, 0.25) is 6.54 Å². The van der Waals surface area contributed by atoms with Crippen molar-refractivity contribution >= 4 is 5.78 Å². The van der Waals surface area contributed by atoms with Gasteiger partial charge in [-0.15, -0.1) is 0 Å². The Bertz CT molecular complexity index is 827. The van der Waals surface area contributed by atoms with Gasteiger partial charge in [0, 0.05) is 35.4 Å². The van der Waals surface area contributed by atoms with Crippen LogP contribution in [0.5, 0.6) is 0 Å². The van der Waals surface area contributed by atoms with Crippen molar-refractivity contribution in [1.82, 2.24) is 0 Å². The Morgan fingerprint density at radius 1 is 1.24 bits per heavy atom. The number of hydrogen-bond acceptors (Lipinski definition) is 5. The van der Waals surface area contributed by atoms with Crippen LogP contribution in [0.1, 0.15) is 41.8 Å². The fraction of sp³-hybridized carbons (Fsp3) is 0.409. The molecule has 0 bridgehead atoms. The van der Waals surface area contributed by atoms with Gasteiger partial charge < -0.3 is 9.47 Å². The summed E-state index contributed by atoms with van der Waals surface area (Å²) in [6, 6.07) is 14.9. The Balaban J connectivity index is 1.80. The van der Waals surface area contributed by atoms with Gasteiger partial charge in [-0.2, -0.15) is 0 Å². The molecular formula is C22H24FNO5. The van der Waals surface area contributed by atoms with Crippen molar-refractivity contribution in [3.8, 4) is 0 Å².